The quantitative estimate of drug-likeness (QED) is 0.462. The van der Waals surface area contributed by atoms with Crippen LogP contribution in [0.25, 0.3) is 0 Å². The summed E-state index contributed by atoms with van der Waals surface area (Å²) in [4.78, 5) is 21.3. The third kappa shape index (κ3) is 5.53. The topological polar surface area (TPSA) is 75.6 Å². The van der Waals surface area contributed by atoms with E-state index in [1.165, 1.54) is 7.11 Å². The van der Waals surface area contributed by atoms with E-state index in [0.29, 0.717) is 25.8 Å². The van der Waals surface area contributed by atoms with Crippen LogP contribution in [0.1, 0.15) is 26.2 Å². The Labute approximate surface area is 83.4 Å². The summed E-state index contributed by atoms with van der Waals surface area (Å²) in [5.74, 6) is -1.12. The molecule has 82 valence electrons. The van der Waals surface area contributed by atoms with Gasteiger partial charge < -0.3 is 15.2 Å². The minimum Gasteiger partial charge on any atom is -0.480 e. The summed E-state index contributed by atoms with van der Waals surface area (Å²) in [5.41, 5.74) is 0. The van der Waals surface area contributed by atoms with E-state index >= 15 is 0 Å². The average molecular weight is 203 g/mol. The summed E-state index contributed by atoms with van der Waals surface area (Å²) in [6.07, 6.45) is 1.45. The van der Waals surface area contributed by atoms with Gasteiger partial charge in [0.05, 0.1) is 7.11 Å². The summed E-state index contributed by atoms with van der Waals surface area (Å²) < 4.78 is 4.45. The fourth-order valence-corrected chi connectivity index (χ4v) is 1.02. The van der Waals surface area contributed by atoms with Crippen LogP contribution in [0.2, 0.25) is 0 Å². The Morgan fingerprint density at radius 3 is 2.57 bits per heavy atom. The van der Waals surface area contributed by atoms with Crippen molar-refractivity contribution in [2.75, 3.05) is 13.7 Å². The molecule has 0 radical (unpaired) electrons. The summed E-state index contributed by atoms with van der Waals surface area (Å²) >= 11 is 0. The maximum atomic E-state index is 10.7. The van der Waals surface area contributed by atoms with Crippen molar-refractivity contribution < 1.29 is 19.4 Å². The van der Waals surface area contributed by atoms with E-state index in [1.54, 1.807) is 6.92 Å². The van der Waals surface area contributed by atoms with Gasteiger partial charge in [-0.2, -0.15) is 0 Å². The molecule has 0 bridgehead atoms. The van der Waals surface area contributed by atoms with Crippen molar-refractivity contribution in [1.29, 1.82) is 0 Å². The molecule has 5 heteroatoms. The van der Waals surface area contributed by atoms with E-state index in [0.717, 1.165) is 0 Å². The molecule has 0 aromatic carbocycles. The van der Waals surface area contributed by atoms with Crippen molar-refractivity contribution in [3.8, 4) is 0 Å². The number of nitrogens with one attached hydrogen (secondary N) is 1. The van der Waals surface area contributed by atoms with Gasteiger partial charge in [-0.25, -0.2) is 0 Å². The number of hydrogen-bond donors (Lipinski definition) is 2. The second-order valence-corrected chi connectivity index (χ2v) is 2.93. The van der Waals surface area contributed by atoms with Gasteiger partial charge in [0.15, 0.2) is 0 Å². The Bertz CT molecular complexity index is 193. The lowest BCUT2D eigenvalue weighted by Crippen LogP contribution is -2.36. The van der Waals surface area contributed by atoms with Crippen LogP contribution in [0.3, 0.4) is 0 Å². The number of carboxylic acid groups (broad SMARTS) is 1. The third-order valence-electron chi connectivity index (χ3n) is 1.88. The fourth-order valence-electron chi connectivity index (χ4n) is 1.02. The molecule has 1 atom stereocenters. The Hall–Kier alpha value is -1.10. The first-order valence-corrected chi connectivity index (χ1v) is 4.64. The van der Waals surface area contributed by atoms with Crippen molar-refractivity contribution >= 4 is 11.9 Å². The Kier molecular flexibility index (Phi) is 6.74. The molecule has 0 spiro atoms. The van der Waals surface area contributed by atoms with Gasteiger partial charge in [-0.1, -0.05) is 6.92 Å². The Morgan fingerprint density at radius 2 is 2.14 bits per heavy atom. The maximum absolute atomic E-state index is 10.7. The molecule has 0 amide bonds. The monoisotopic (exact) mass is 203 g/mol. The molecule has 0 aromatic heterocycles. The van der Waals surface area contributed by atoms with Crippen LogP contribution in [0, 0.1) is 0 Å². The predicted molar refractivity (Wildman–Crippen MR) is 51.0 cm³/mol. The molecule has 14 heavy (non-hydrogen) atoms. The number of rotatable bonds is 7. The average Bonchev–Trinajstić information content (AvgIpc) is 2.16. The molecule has 0 aliphatic rings. The minimum absolute atomic E-state index is 0.268. The van der Waals surface area contributed by atoms with Gasteiger partial charge in [-0.3, -0.25) is 9.59 Å². The summed E-state index contributed by atoms with van der Waals surface area (Å²) in [6.45, 7) is 2.31. The molecule has 0 aliphatic heterocycles. The maximum Gasteiger partial charge on any atom is 0.320 e. The zero-order valence-corrected chi connectivity index (χ0v) is 8.58. The number of methoxy groups -OCH3 is 1. The fraction of sp³-hybridized carbons (Fsp3) is 0.778. The van der Waals surface area contributed by atoms with Gasteiger partial charge in [0.1, 0.15) is 6.04 Å². The number of hydrogen-bond acceptors (Lipinski definition) is 4. The molecule has 0 saturated heterocycles. The Balaban J connectivity index is 3.52. The first-order chi connectivity index (χ1) is 6.61. The molecule has 0 fully saturated rings. The van der Waals surface area contributed by atoms with Crippen LogP contribution in [-0.4, -0.2) is 36.7 Å². The van der Waals surface area contributed by atoms with Crippen molar-refractivity contribution in [1.82, 2.24) is 5.32 Å². The summed E-state index contributed by atoms with van der Waals surface area (Å²) in [6, 6.07) is -0.521. The molecule has 0 saturated carbocycles. The number of carbonyl (C=O) groups is 2. The van der Waals surface area contributed by atoms with Gasteiger partial charge >= 0.3 is 11.9 Å². The van der Waals surface area contributed by atoms with E-state index in [1.807, 2.05) is 0 Å². The lowest BCUT2D eigenvalue weighted by atomic mass is 10.2. The largest absolute Gasteiger partial charge is 0.480 e. The van der Waals surface area contributed by atoms with E-state index < -0.39 is 12.0 Å². The first kappa shape index (κ1) is 12.9. The van der Waals surface area contributed by atoms with Crippen molar-refractivity contribution in [3.63, 3.8) is 0 Å². The molecule has 0 heterocycles. The van der Waals surface area contributed by atoms with Gasteiger partial charge in [-0.15, -0.1) is 0 Å². The van der Waals surface area contributed by atoms with Crippen molar-refractivity contribution in [2.45, 2.75) is 32.2 Å². The molecule has 0 aliphatic carbocycles. The Morgan fingerprint density at radius 1 is 1.50 bits per heavy atom. The standard InChI is InChI=1S/C9H17NO4/c1-3-7(9(12)13)10-6-4-5-8(11)14-2/h7,10H,3-6H2,1-2H3,(H,12,13). The highest BCUT2D eigenvalue weighted by molar-refractivity contribution is 5.73. The highest BCUT2D eigenvalue weighted by Crippen LogP contribution is 1.94. The normalized spacial score (nSPS) is 12.1. The first-order valence-electron chi connectivity index (χ1n) is 4.64. The van der Waals surface area contributed by atoms with E-state index in [9.17, 15) is 9.59 Å². The predicted octanol–water partition coefficient (Wildman–Crippen LogP) is 0.392. The molecule has 0 aromatic rings. The van der Waals surface area contributed by atoms with Crippen LogP contribution in [0.4, 0.5) is 0 Å². The van der Waals surface area contributed by atoms with Crippen molar-refractivity contribution in [3.05, 3.63) is 0 Å². The number of ether oxygens (including phenoxy) is 1. The van der Waals surface area contributed by atoms with E-state index in [2.05, 4.69) is 10.1 Å². The smallest absolute Gasteiger partial charge is 0.320 e. The lowest BCUT2D eigenvalue weighted by molar-refractivity contribution is -0.140. The molecular weight excluding hydrogens is 186 g/mol. The molecular formula is C9H17NO4. The highest BCUT2D eigenvalue weighted by atomic mass is 16.5. The van der Waals surface area contributed by atoms with E-state index in [-0.39, 0.29) is 5.97 Å². The molecule has 2 N–H and O–H groups in total. The second kappa shape index (κ2) is 7.32. The number of carbonyl (C=O) groups excluding carboxylic acids is 1. The number of aliphatic carboxylic acids is 1. The minimum atomic E-state index is -0.856. The van der Waals surface area contributed by atoms with Crippen molar-refractivity contribution in [2.24, 2.45) is 0 Å². The number of carboxylic acids is 1. The zero-order chi connectivity index (χ0) is 11.0. The summed E-state index contributed by atoms with van der Waals surface area (Å²) in [7, 11) is 1.34. The second-order valence-electron chi connectivity index (χ2n) is 2.93. The van der Waals surface area contributed by atoms with Crippen LogP contribution < -0.4 is 5.32 Å². The molecule has 5 nitrogen and oxygen atoms in total. The van der Waals surface area contributed by atoms with Crippen LogP contribution in [-0.2, 0) is 14.3 Å². The van der Waals surface area contributed by atoms with Crippen LogP contribution in [0.15, 0.2) is 0 Å². The van der Waals surface area contributed by atoms with Gasteiger partial charge in [0.2, 0.25) is 0 Å². The summed E-state index contributed by atoms with van der Waals surface area (Å²) in [5, 5.41) is 11.5. The van der Waals surface area contributed by atoms with Gasteiger partial charge in [0.25, 0.3) is 0 Å². The van der Waals surface area contributed by atoms with Gasteiger partial charge in [0, 0.05) is 6.42 Å². The third-order valence-corrected chi connectivity index (χ3v) is 1.88. The van der Waals surface area contributed by atoms with Crippen LogP contribution in [0.5, 0.6) is 0 Å². The van der Waals surface area contributed by atoms with Gasteiger partial charge in [-0.05, 0) is 19.4 Å². The molecule has 0 rings (SSSR count). The SMILES string of the molecule is CCC(NCCCC(=O)OC)C(=O)O. The number of esters is 1. The lowest BCUT2D eigenvalue weighted by Gasteiger charge is -2.11. The highest BCUT2D eigenvalue weighted by Gasteiger charge is 2.13. The zero-order valence-electron chi connectivity index (χ0n) is 8.58. The van der Waals surface area contributed by atoms with Crippen LogP contribution >= 0.6 is 0 Å². The molecule has 1 unspecified atom stereocenters. The van der Waals surface area contributed by atoms with E-state index in [4.69, 9.17) is 5.11 Å².